The lowest BCUT2D eigenvalue weighted by molar-refractivity contribution is 0.385. The van der Waals surface area contributed by atoms with Crippen molar-refractivity contribution in [3.05, 3.63) is 45.5 Å². The number of hydrogen-bond acceptors (Lipinski definition) is 4. The zero-order valence-corrected chi connectivity index (χ0v) is 14.1. The van der Waals surface area contributed by atoms with Crippen LogP contribution in [0, 0.1) is 11.6 Å². The Morgan fingerprint density at radius 2 is 2.05 bits per heavy atom. The molecule has 22 heavy (non-hydrogen) atoms. The van der Waals surface area contributed by atoms with Crippen molar-refractivity contribution in [1.29, 1.82) is 0 Å². The molecule has 0 aliphatic rings. The number of nitrogens with one attached hydrogen (secondary N) is 1. The molecule has 0 atom stereocenters. The molecule has 5 nitrogen and oxygen atoms in total. The molecule has 2 rings (SSSR count). The predicted octanol–water partition coefficient (Wildman–Crippen LogP) is 3.59. The standard InChI is InChI=1S/C12H8BrClF2N2O3S/c1-21-12-9(4-6(14)5-17-12)22(19,20)18-8-3-2-7(15)10(13)11(8)16/h2-5,18H,1H3. The van der Waals surface area contributed by atoms with Gasteiger partial charge in [0, 0.05) is 6.20 Å². The van der Waals surface area contributed by atoms with Gasteiger partial charge in [-0.3, -0.25) is 4.72 Å². The zero-order chi connectivity index (χ0) is 16.5. The fraction of sp³-hybridized carbons (Fsp3) is 0.0833. The molecule has 0 amide bonds. The summed E-state index contributed by atoms with van der Waals surface area (Å²) in [5.41, 5.74) is -0.435. The van der Waals surface area contributed by atoms with Crippen molar-refractivity contribution in [1.82, 2.24) is 4.98 Å². The molecule has 0 radical (unpaired) electrons. The fourth-order valence-electron chi connectivity index (χ4n) is 1.56. The number of anilines is 1. The Balaban J connectivity index is 2.49. The van der Waals surface area contributed by atoms with E-state index in [9.17, 15) is 17.2 Å². The molecule has 10 heteroatoms. The molecule has 0 aliphatic heterocycles. The molecule has 1 N–H and O–H groups in total. The first kappa shape index (κ1) is 16.9. The molecule has 118 valence electrons. The highest BCUT2D eigenvalue weighted by Crippen LogP contribution is 2.30. The number of ether oxygens (including phenoxy) is 1. The quantitative estimate of drug-likeness (QED) is 0.778. The van der Waals surface area contributed by atoms with Crippen molar-refractivity contribution < 1.29 is 21.9 Å². The van der Waals surface area contributed by atoms with Gasteiger partial charge in [-0.25, -0.2) is 22.2 Å². The van der Waals surface area contributed by atoms with Gasteiger partial charge >= 0.3 is 0 Å². The van der Waals surface area contributed by atoms with Crippen LogP contribution in [0.4, 0.5) is 14.5 Å². The number of benzene rings is 1. The van der Waals surface area contributed by atoms with E-state index in [0.29, 0.717) is 0 Å². The first-order valence-electron chi connectivity index (χ1n) is 5.62. The van der Waals surface area contributed by atoms with E-state index in [2.05, 4.69) is 20.9 Å². The van der Waals surface area contributed by atoms with Gasteiger partial charge in [0.05, 0.1) is 22.3 Å². The summed E-state index contributed by atoms with van der Waals surface area (Å²) < 4.78 is 58.0. The van der Waals surface area contributed by atoms with Crippen LogP contribution in [-0.2, 0) is 10.0 Å². The number of nitrogens with zero attached hydrogens (tertiary/aromatic N) is 1. The number of aromatic nitrogens is 1. The van der Waals surface area contributed by atoms with Crippen LogP contribution in [0.15, 0.2) is 33.8 Å². The third kappa shape index (κ3) is 3.31. The largest absolute Gasteiger partial charge is 0.480 e. The molecular formula is C12H8BrClF2N2O3S. The van der Waals surface area contributed by atoms with E-state index >= 15 is 0 Å². The first-order valence-corrected chi connectivity index (χ1v) is 8.27. The minimum atomic E-state index is -4.24. The summed E-state index contributed by atoms with van der Waals surface area (Å²) in [6.45, 7) is 0. The van der Waals surface area contributed by atoms with E-state index in [0.717, 1.165) is 18.2 Å². The molecule has 0 fully saturated rings. The molecule has 1 heterocycles. The summed E-state index contributed by atoms with van der Waals surface area (Å²) in [5, 5.41) is 0.0573. The molecular weight excluding hydrogens is 406 g/mol. The Kier molecular flexibility index (Phi) is 4.88. The third-order valence-electron chi connectivity index (χ3n) is 2.55. The average Bonchev–Trinajstić information content (AvgIpc) is 2.48. The minimum absolute atomic E-state index is 0.0573. The van der Waals surface area contributed by atoms with Gasteiger partial charge in [-0.1, -0.05) is 11.6 Å². The van der Waals surface area contributed by atoms with E-state index in [1.165, 1.54) is 13.3 Å². The van der Waals surface area contributed by atoms with E-state index in [-0.39, 0.29) is 15.8 Å². The van der Waals surface area contributed by atoms with Crippen LogP contribution < -0.4 is 9.46 Å². The molecule has 0 saturated heterocycles. The lowest BCUT2D eigenvalue weighted by atomic mass is 10.3. The summed E-state index contributed by atoms with van der Waals surface area (Å²) in [6.07, 6.45) is 1.20. The van der Waals surface area contributed by atoms with E-state index in [1.807, 2.05) is 4.72 Å². The zero-order valence-electron chi connectivity index (χ0n) is 10.9. The number of halogens is 4. The maximum Gasteiger partial charge on any atom is 0.267 e. The number of sulfonamides is 1. The molecule has 0 bridgehead atoms. The number of pyridine rings is 1. The Morgan fingerprint density at radius 1 is 1.36 bits per heavy atom. The van der Waals surface area contributed by atoms with Crippen molar-refractivity contribution in [3.63, 3.8) is 0 Å². The molecule has 1 aromatic carbocycles. The van der Waals surface area contributed by atoms with Gasteiger partial charge < -0.3 is 4.74 Å². The van der Waals surface area contributed by atoms with Gasteiger partial charge in [0.1, 0.15) is 5.82 Å². The van der Waals surface area contributed by atoms with Crippen LogP contribution in [0.3, 0.4) is 0 Å². The second-order valence-electron chi connectivity index (χ2n) is 3.99. The summed E-state index contributed by atoms with van der Waals surface area (Å²) in [5.74, 6) is -2.15. The van der Waals surface area contributed by atoms with E-state index < -0.39 is 31.8 Å². The van der Waals surface area contributed by atoms with Crippen LogP contribution in [0.25, 0.3) is 0 Å². The summed E-state index contributed by atoms with van der Waals surface area (Å²) in [6, 6.07) is 2.97. The summed E-state index contributed by atoms with van der Waals surface area (Å²) >= 11 is 8.41. The molecule has 0 saturated carbocycles. The van der Waals surface area contributed by atoms with Crippen LogP contribution >= 0.6 is 27.5 Å². The monoisotopic (exact) mass is 412 g/mol. The SMILES string of the molecule is COc1ncc(Cl)cc1S(=O)(=O)Nc1ccc(F)c(Br)c1F. The van der Waals surface area contributed by atoms with Crippen LogP contribution in [-0.4, -0.2) is 20.5 Å². The molecule has 2 aromatic rings. The van der Waals surface area contributed by atoms with E-state index in [1.54, 1.807) is 0 Å². The smallest absolute Gasteiger partial charge is 0.267 e. The molecule has 0 spiro atoms. The Labute approximate surface area is 138 Å². The highest BCUT2D eigenvalue weighted by molar-refractivity contribution is 9.10. The molecule has 0 unspecified atom stereocenters. The number of rotatable bonds is 4. The predicted molar refractivity (Wildman–Crippen MR) is 80.7 cm³/mol. The van der Waals surface area contributed by atoms with Crippen molar-refractivity contribution >= 4 is 43.2 Å². The van der Waals surface area contributed by atoms with Crippen molar-refractivity contribution in [2.24, 2.45) is 0 Å². The van der Waals surface area contributed by atoms with Crippen molar-refractivity contribution in [2.75, 3.05) is 11.8 Å². The Bertz CT molecular complexity index is 833. The highest BCUT2D eigenvalue weighted by Gasteiger charge is 2.24. The second kappa shape index (κ2) is 6.35. The van der Waals surface area contributed by atoms with Crippen LogP contribution in [0.2, 0.25) is 5.02 Å². The highest BCUT2D eigenvalue weighted by atomic mass is 79.9. The lowest BCUT2D eigenvalue weighted by Crippen LogP contribution is -2.16. The second-order valence-corrected chi connectivity index (χ2v) is 6.87. The Morgan fingerprint density at radius 3 is 2.68 bits per heavy atom. The summed E-state index contributed by atoms with van der Waals surface area (Å²) in [4.78, 5) is 3.35. The number of hydrogen-bond donors (Lipinski definition) is 1. The maximum absolute atomic E-state index is 13.9. The van der Waals surface area contributed by atoms with Crippen molar-refractivity contribution in [2.45, 2.75) is 4.90 Å². The third-order valence-corrected chi connectivity index (χ3v) is 4.84. The van der Waals surface area contributed by atoms with Crippen LogP contribution in [0.5, 0.6) is 5.88 Å². The van der Waals surface area contributed by atoms with E-state index in [4.69, 9.17) is 16.3 Å². The Hall–Kier alpha value is -1.45. The van der Waals surface area contributed by atoms with Gasteiger partial charge in [-0.2, -0.15) is 0 Å². The molecule has 0 aliphatic carbocycles. The van der Waals surface area contributed by atoms with Crippen molar-refractivity contribution in [3.8, 4) is 5.88 Å². The average molecular weight is 414 g/mol. The number of methoxy groups -OCH3 is 1. The minimum Gasteiger partial charge on any atom is -0.480 e. The normalized spacial score (nSPS) is 11.3. The lowest BCUT2D eigenvalue weighted by Gasteiger charge is -2.12. The van der Waals surface area contributed by atoms with Crippen LogP contribution in [0.1, 0.15) is 0 Å². The first-order chi connectivity index (χ1) is 10.3. The fourth-order valence-corrected chi connectivity index (χ4v) is 3.33. The van der Waals surface area contributed by atoms with Gasteiger partial charge in [-0.15, -0.1) is 0 Å². The maximum atomic E-state index is 13.9. The summed E-state index contributed by atoms with van der Waals surface area (Å²) in [7, 11) is -3.01. The van der Waals surface area contributed by atoms with Gasteiger partial charge in [0.15, 0.2) is 10.7 Å². The topological polar surface area (TPSA) is 68.3 Å². The van der Waals surface area contributed by atoms with Gasteiger partial charge in [0.25, 0.3) is 10.0 Å². The van der Waals surface area contributed by atoms with Gasteiger partial charge in [0.2, 0.25) is 5.88 Å². The molecule has 1 aromatic heterocycles. The van der Waals surface area contributed by atoms with Gasteiger partial charge in [-0.05, 0) is 34.1 Å².